The summed E-state index contributed by atoms with van der Waals surface area (Å²) in [7, 11) is 0. The Morgan fingerprint density at radius 3 is 2.86 bits per heavy atom. The van der Waals surface area contributed by atoms with Gasteiger partial charge in [0.1, 0.15) is 5.75 Å². The first-order valence-corrected chi connectivity index (χ1v) is 4.21. The number of hydrogen-bond donors (Lipinski definition) is 1. The van der Waals surface area contributed by atoms with Crippen molar-refractivity contribution < 1.29 is 13.9 Å². The van der Waals surface area contributed by atoms with Gasteiger partial charge in [-0.25, -0.2) is 4.98 Å². The zero-order valence-corrected chi connectivity index (χ0v) is 7.74. The first kappa shape index (κ1) is 10.4. The monoisotopic (exact) mass is 198 g/mol. The van der Waals surface area contributed by atoms with E-state index in [1.54, 1.807) is 6.92 Å². The highest BCUT2D eigenvalue weighted by molar-refractivity contribution is 5.79. The third kappa shape index (κ3) is 2.69. The zero-order chi connectivity index (χ0) is 10.6. The molecule has 1 aromatic heterocycles. The van der Waals surface area contributed by atoms with Gasteiger partial charge in [0.15, 0.2) is 6.10 Å². The van der Waals surface area contributed by atoms with Crippen LogP contribution in [0.2, 0.25) is 0 Å². The number of primary amides is 1. The number of aromatic nitrogens is 1. The quantitative estimate of drug-likeness (QED) is 0.730. The van der Waals surface area contributed by atoms with Crippen LogP contribution in [0.5, 0.6) is 5.75 Å². The minimum atomic E-state index is -0.692. The number of carbonyl (C=O) groups excluding carboxylic acids is 1. The van der Waals surface area contributed by atoms with Crippen molar-refractivity contribution in [2.24, 2.45) is 5.73 Å². The maximum atomic E-state index is 12.4. The second-order valence-corrected chi connectivity index (χ2v) is 2.73. The van der Waals surface area contributed by atoms with Crippen molar-refractivity contribution in [2.75, 3.05) is 0 Å². The van der Waals surface area contributed by atoms with Crippen LogP contribution in [0, 0.1) is 5.95 Å². The fraction of sp³-hybridized carbons (Fsp3) is 0.333. The van der Waals surface area contributed by atoms with Crippen LogP contribution in [0.1, 0.15) is 13.3 Å². The van der Waals surface area contributed by atoms with Crippen molar-refractivity contribution in [3.8, 4) is 5.75 Å². The first-order valence-electron chi connectivity index (χ1n) is 4.21. The largest absolute Gasteiger partial charge is 0.479 e. The molecule has 1 rings (SSSR count). The van der Waals surface area contributed by atoms with Crippen molar-refractivity contribution in [3.63, 3.8) is 0 Å². The van der Waals surface area contributed by atoms with Gasteiger partial charge in [0.2, 0.25) is 5.95 Å². The van der Waals surface area contributed by atoms with E-state index in [9.17, 15) is 9.18 Å². The summed E-state index contributed by atoms with van der Waals surface area (Å²) in [4.78, 5) is 14.2. The van der Waals surface area contributed by atoms with Crippen LogP contribution in [0.25, 0.3) is 0 Å². The molecule has 1 unspecified atom stereocenters. The maximum Gasteiger partial charge on any atom is 0.258 e. The summed E-state index contributed by atoms with van der Waals surface area (Å²) in [5.74, 6) is -0.807. The van der Waals surface area contributed by atoms with Crippen LogP contribution in [-0.4, -0.2) is 17.0 Å². The number of hydrogen-bond acceptors (Lipinski definition) is 3. The van der Waals surface area contributed by atoms with Crippen molar-refractivity contribution in [2.45, 2.75) is 19.4 Å². The number of nitrogens with zero attached hydrogens (tertiary/aromatic N) is 1. The molecule has 5 heteroatoms. The molecule has 76 valence electrons. The van der Waals surface area contributed by atoms with E-state index in [1.165, 1.54) is 12.3 Å². The lowest BCUT2D eigenvalue weighted by atomic mass is 10.2. The summed E-state index contributed by atoms with van der Waals surface area (Å²) in [6.45, 7) is 1.77. The highest BCUT2D eigenvalue weighted by atomic mass is 19.1. The standard InChI is InChI=1S/C9H11FN2O2/c1-2-7(9(11)13)14-6-3-4-8(10)12-5-6/h3-5,7H,2H2,1H3,(H2,11,13). The van der Waals surface area contributed by atoms with Gasteiger partial charge in [0.25, 0.3) is 5.91 Å². The number of halogens is 1. The van der Waals surface area contributed by atoms with Gasteiger partial charge in [-0.15, -0.1) is 0 Å². The number of carbonyl (C=O) groups is 1. The van der Waals surface area contributed by atoms with Gasteiger partial charge in [-0.2, -0.15) is 4.39 Å². The minimum Gasteiger partial charge on any atom is -0.479 e. The predicted octanol–water partition coefficient (Wildman–Crippen LogP) is 0.863. The van der Waals surface area contributed by atoms with Crippen molar-refractivity contribution in [3.05, 3.63) is 24.3 Å². The van der Waals surface area contributed by atoms with E-state index in [0.717, 1.165) is 6.07 Å². The van der Waals surface area contributed by atoms with Crippen LogP contribution in [0.15, 0.2) is 18.3 Å². The number of nitrogens with two attached hydrogens (primary N) is 1. The average molecular weight is 198 g/mol. The minimum absolute atomic E-state index is 0.331. The Labute approximate surface area is 80.9 Å². The molecule has 0 spiro atoms. The van der Waals surface area contributed by atoms with E-state index >= 15 is 0 Å². The number of ether oxygens (including phenoxy) is 1. The molecule has 14 heavy (non-hydrogen) atoms. The second-order valence-electron chi connectivity index (χ2n) is 2.73. The van der Waals surface area contributed by atoms with E-state index in [2.05, 4.69) is 4.98 Å². The molecular weight excluding hydrogens is 187 g/mol. The Kier molecular flexibility index (Phi) is 3.39. The average Bonchev–Trinajstić information content (AvgIpc) is 2.16. The van der Waals surface area contributed by atoms with Crippen molar-refractivity contribution in [1.82, 2.24) is 4.98 Å². The van der Waals surface area contributed by atoms with E-state index in [1.807, 2.05) is 0 Å². The highest BCUT2D eigenvalue weighted by Gasteiger charge is 2.14. The fourth-order valence-electron chi connectivity index (χ4n) is 0.939. The predicted molar refractivity (Wildman–Crippen MR) is 48.1 cm³/mol. The molecule has 0 bridgehead atoms. The van der Waals surface area contributed by atoms with E-state index in [4.69, 9.17) is 10.5 Å². The summed E-state index contributed by atoms with van der Waals surface area (Å²) in [5, 5.41) is 0. The molecule has 1 atom stereocenters. The van der Waals surface area contributed by atoms with Gasteiger partial charge in [0, 0.05) is 0 Å². The lowest BCUT2D eigenvalue weighted by Gasteiger charge is -2.13. The van der Waals surface area contributed by atoms with E-state index in [0.29, 0.717) is 12.2 Å². The lowest BCUT2D eigenvalue weighted by molar-refractivity contribution is -0.124. The third-order valence-corrected chi connectivity index (χ3v) is 1.67. The molecule has 1 heterocycles. The zero-order valence-electron chi connectivity index (χ0n) is 7.74. The third-order valence-electron chi connectivity index (χ3n) is 1.67. The molecule has 0 saturated carbocycles. The van der Waals surface area contributed by atoms with Crippen LogP contribution in [0.3, 0.4) is 0 Å². The lowest BCUT2D eigenvalue weighted by Crippen LogP contribution is -2.32. The molecule has 0 aliphatic rings. The van der Waals surface area contributed by atoms with Crippen LogP contribution >= 0.6 is 0 Å². The molecule has 0 aliphatic heterocycles. The number of amides is 1. The molecular formula is C9H11FN2O2. The first-order chi connectivity index (χ1) is 6.63. The SMILES string of the molecule is CCC(Oc1ccc(F)nc1)C(N)=O. The molecule has 0 fully saturated rings. The maximum absolute atomic E-state index is 12.4. The van der Waals surface area contributed by atoms with Gasteiger partial charge in [-0.1, -0.05) is 6.92 Å². The Morgan fingerprint density at radius 1 is 1.71 bits per heavy atom. The molecule has 0 aromatic carbocycles. The summed E-state index contributed by atoms with van der Waals surface area (Å²) >= 11 is 0. The Balaban J connectivity index is 2.67. The number of pyridine rings is 1. The van der Waals surface area contributed by atoms with Gasteiger partial charge in [0.05, 0.1) is 6.20 Å². The van der Waals surface area contributed by atoms with Crippen LogP contribution < -0.4 is 10.5 Å². The second kappa shape index (κ2) is 4.55. The Hall–Kier alpha value is -1.65. The van der Waals surface area contributed by atoms with Gasteiger partial charge >= 0.3 is 0 Å². The van der Waals surface area contributed by atoms with Crippen LogP contribution in [0.4, 0.5) is 4.39 Å². The summed E-state index contributed by atoms with van der Waals surface area (Å²) in [6.07, 6.45) is 0.982. The number of rotatable bonds is 4. The molecule has 4 nitrogen and oxygen atoms in total. The summed E-state index contributed by atoms with van der Waals surface area (Å²) in [5.41, 5.74) is 5.07. The molecule has 0 aliphatic carbocycles. The smallest absolute Gasteiger partial charge is 0.258 e. The van der Waals surface area contributed by atoms with E-state index < -0.39 is 18.0 Å². The van der Waals surface area contributed by atoms with E-state index in [-0.39, 0.29) is 0 Å². The Morgan fingerprint density at radius 2 is 2.43 bits per heavy atom. The summed E-state index contributed by atoms with van der Waals surface area (Å²) in [6, 6.07) is 2.55. The van der Waals surface area contributed by atoms with Crippen LogP contribution in [-0.2, 0) is 4.79 Å². The molecule has 1 aromatic rings. The highest BCUT2D eigenvalue weighted by Crippen LogP contribution is 2.11. The van der Waals surface area contributed by atoms with Gasteiger partial charge in [-0.3, -0.25) is 4.79 Å². The molecule has 2 N–H and O–H groups in total. The molecule has 0 radical (unpaired) electrons. The van der Waals surface area contributed by atoms with Gasteiger partial charge < -0.3 is 10.5 Å². The summed E-state index contributed by atoms with van der Waals surface area (Å²) < 4.78 is 17.6. The molecule has 0 saturated heterocycles. The van der Waals surface area contributed by atoms with Gasteiger partial charge in [-0.05, 0) is 18.6 Å². The Bertz CT molecular complexity index is 313. The van der Waals surface area contributed by atoms with Crippen molar-refractivity contribution >= 4 is 5.91 Å². The topological polar surface area (TPSA) is 65.2 Å². The van der Waals surface area contributed by atoms with Crippen molar-refractivity contribution in [1.29, 1.82) is 0 Å². The normalized spacial score (nSPS) is 12.1. The molecule has 1 amide bonds. The fourth-order valence-corrected chi connectivity index (χ4v) is 0.939.